The van der Waals surface area contributed by atoms with E-state index in [1.54, 1.807) is 0 Å². The second-order valence-electron chi connectivity index (χ2n) is 3.74. The zero-order valence-corrected chi connectivity index (χ0v) is 11.4. The predicted octanol–water partition coefficient (Wildman–Crippen LogP) is 1.52. The van der Waals surface area contributed by atoms with Gasteiger partial charge in [0.25, 0.3) is 5.91 Å². The van der Waals surface area contributed by atoms with Crippen LogP contribution in [0.25, 0.3) is 0 Å². The van der Waals surface area contributed by atoms with E-state index in [-0.39, 0.29) is 11.8 Å². The molecule has 0 spiro atoms. The third kappa shape index (κ3) is 5.23. The summed E-state index contributed by atoms with van der Waals surface area (Å²) < 4.78 is 0. The lowest BCUT2D eigenvalue weighted by Gasteiger charge is -2.16. The Bertz CT molecular complexity index is 395. The topological polar surface area (TPSA) is 58.2 Å². The summed E-state index contributed by atoms with van der Waals surface area (Å²) in [6, 6.07) is 9.67. The average molecular weight is 266 g/mol. The van der Waals surface area contributed by atoms with E-state index < -0.39 is 5.37 Å². The molecule has 1 aromatic carbocycles. The highest BCUT2D eigenvalue weighted by molar-refractivity contribution is 8.00. The van der Waals surface area contributed by atoms with Gasteiger partial charge in [-0.3, -0.25) is 9.59 Å². The van der Waals surface area contributed by atoms with Crippen LogP contribution in [0.4, 0.5) is 0 Å². The molecule has 0 heterocycles. The van der Waals surface area contributed by atoms with Gasteiger partial charge in [-0.25, -0.2) is 0 Å². The largest absolute Gasteiger partial charge is 0.349 e. The van der Waals surface area contributed by atoms with Gasteiger partial charge < -0.3 is 10.6 Å². The first-order valence-electron chi connectivity index (χ1n) is 5.83. The predicted molar refractivity (Wildman–Crippen MR) is 74.0 cm³/mol. The maximum absolute atomic E-state index is 11.9. The lowest BCUT2D eigenvalue weighted by atomic mass is 10.2. The number of amides is 2. The van der Waals surface area contributed by atoms with Gasteiger partial charge in [-0.1, -0.05) is 37.3 Å². The molecule has 4 nitrogen and oxygen atoms in total. The standard InChI is InChI=1S/C13H18N2O2S/c1-3-18-13(15-10(2)16)12(17)14-9-11-7-5-4-6-8-11/h4-8,13H,3,9H2,1-2H3,(H,14,17)(H,15,16). The number of thioether (sulfide) groups is 1. The summed E-state index contributed by atoms with van der Waals surface area (Å²) in [6.45, 7) is 3.83. The summed E-state index contributed by atoms with van der Waals surface area (Å²) >= 11 is 1.40. The van der Waals surface area contributed by atoms with Crippen molar-refractivity contribution < 1.29 is 9.59 Å². The van der Waals surface area contributed by atoms with Crippen molar-refractivity contribution in [2.24, 2.45) is 0 Å². The molecule has 0 aromatic heterocycles. The first kappa shape index (κ1) is 14.6. The van der Waals surface area contributed by atoms with Gasteiger partial charge in [-0.15, -0.1) is 11.8 Å². The van der Waals surface area contributed by atoms with Crippen LogP contribution in [-0.2, 0) is 16.1 Å². The summed E-state index contributed by atoms with van der Waals surface area (Å²) in [5, 5.41) is 4.93. The minimum Gasteiger partial charge on any atom is -0.349 e. The smallest absolute Gasteiger partial charge is 0.253 e. The molecule has 0 saturated carbocycles. The maximum Gasteiger partial charge on any atom is 0.253 e. The maximum atomic E-state index is 11.9. The van der Waals surface area contributed by atoms with Crippen molar-refractivity contribution in [2.45, 2.75) is 25.8 Å². The highest BCUT2D eigenvalue weighted by atomic mass is 32.2. The molecule has 2 amide bonds. The second-order valence-corrected chi connectivity index (χ2v) is 5.12. The molecule has 0 fully saturated rings. The zero-order valence-electron chi connectivity index (χ0n) is 10.6. The minimum absolute atomic E-state index is 0.166. The molecule has 18 heavy (non-hydrogen) atoms. The molecule has 0 radical (unpaired) electrons. The molecule has 0 aliphatic heterocycles. The zero-order chi connectivity index (χ0) is 13.4. The van der Waals surface area contributed by atoms with E-state index in [4.69, 9.17) is 0 Å². The van der Waals surface area contributed by atoms with Crippen molar-refractivity contribution in [3.8, 4) is 0 Å². The number of hydrogen-bond donors (Lipinski definition) is 2. The Morgan fingerprint density at radius 1 is 1.28 bits per heavy atom. The average Bonchev–Trinajstić information content (AvgIpc) is 2.36. The lowest BCUT2D eigenvalue weighted by Crippen LogP contribution is -2.43. The van der Waals surface area contributed by atoms with Gasteiger partial charge in [0.15, 0.2) is 5.37 Å². The van der Waals surface area contributed by atoms with E-state index in [1.165, 1.54) is 18.7 Å². The van der Waals surface area contributed by atoms with Crippen LogP contribution in [0.2, 0.25) is 0 Å². The van der Waals surface area contributed by atoms with Crippen molar-refractivity contribution in [2.75, 3.05) is 5.75 Å². The van der Waals surface area contributed by atoms with Gasteiger partial charge >= 0.3 is 0 Å². The molecule has 2 N–H and O–H groups in total. The fourth-order valence-electron chi connectivity index (χ4n) is 1.41. The SMILES string of the molecule is CCSC(NC(C)=O)C(=O)NCc1ccccc1. The molecule has 98 valence electrons. The van der Waals surface area contributed by atoms with Crippen molar-refractivity contribution in [3.05, 3.63) is 35.9 Å². The monoisotopic (exact) mass is 266 g/mol. The summed E-state index contributed by atoms with van der Waals surface area (Å²) in [5.41, 5.74) is 1.04. The first-order valence-corrected chi connectivity index (χ1v) is 6.88. The summed E-state index contributed by atoms with van der Waals surface area (Å²) in [7, 11) is 0. The fraction of sp³-hybridized carbons (Fsp3) is 0.385. The van der Waals surface area contributed by atoms with Crippen LogP contribution in [0.15, 0.2) is 30.3 Å². The van der Waals surface area contributed by atoms with Crippen LogP contribution >= 0.6 is 11.8 Å². The van der Waals surface area contributed by atoms with E-state index in [9.17, 15) is 9.59 Å². The second kappa shape index (κ2) is 7.76. The third-order valence-electron chi connectivity index (χ3n) is 2.22. The minimum atomic E-state index is -0.517. The molecule has 0 aliphatic carbocycles. The molecule has 1 unspecified atom stereocenters. The van der Waals surface area contributed by atoms with Crippen molar-refractivity contribution in [3.63, 3.8) is 0 Å². The molecule has 0 aliphatic rings. The fourth-order valence-corrected chi connectivity index (χ4v) is 2.23. The first-order chi connectivity index (χ1) is 8.63. The van der Waals surface area contributed by atoms with Gasteiger partial charge in [0, 0.05) is 13.5 Å². The van der Waals surface area contributed by atoms with Crippen LogP contribution in [0.3, 0.4) is 0 Å². The Labute approximate surface area is 112 Å². The molecule has 1 atom stereocenters. The molecular formula is C13H18N2O2S. The van der Waals surface area contributed by atoms with Crippen LogP contribution < -0.4 is 10.6 Å². The number of carbonyl (C=O) groups is 2. The summed E-state index contributed by atoms with van der Waals surface area (Å²) in [4.78, 5) is 22.9. The van der Waals surface area contributed by atoms with E-state index in [0.29, 0.717) is 6.54 Å². The van der Waals surface area contributed by atoms with Crippen molar-refractivity contribution >= 4 is 23.6 Å². The molecular weight excluding hydrogens is 248 g/mol. The summed E-state index contributed by atoms with van der Waals surface area (Å²) in [6.07, 6.45) is 0. The van der Waals surface area contributed by atoms with Gasteiger partial charge in [0.1, 0.15) is 0 Å². The molecule has 0 saturated heterocycles. The number of rotatable bonds is 6. The van der Waals surface area contributed by atoms with Gasteiger partial charge in [-0.2, -0.15) is 0 Å². The van der Waals surface area contributed by atoms with Crippen LogP contribution in [0.1, 0.15) is 19.4 Å². The molecule has 0 bridgehead atoms. The number of carbonyl (C=O) groups excluding carboxylic acids is 2. The summed E-state index contributed by atoms with van der Waals surface area (Å²) in [5.74, 6) is 0.403. The van der Waals surface area contributed by atoms with E-state index in [0.717, 1.165) is 11.3 Å². The van der Waals surface area contributed by atoms with Crippen LogP contribution in [-0.4, -0.2) is 22.9 Å². The highest BCUT2D eigenvalue weighted by Gasteiger charge is 2.18. The quantitative estimate of drug-likeness (QED) is 0.768. The Morgan fingerprint density at radius 2 is 1.94 bits per heavy atom. The normalized spacial score (nSPS) is 11.7. The number of benzene rings is 1. The van der Waals surface area contributed by atoms with Crippen molar-refractivity contribution in [1.29, 1.82) is 0 Å². The van der Waals surface area contributed by atoms with Gasteiger partial charge in [-0.05, 0) is 11.3 Å². The van der Waals surface area contributed by atoms with Gasteiger partial charge in [0.2, 0.25) is 5.91 Å². The Hall–Kier alpha value is -1.49. The Balaban J connectivity index is 2.48. The van der Waals surface area contributed by atoms with Crippen LogP contribution in [0, 0.1) is 0 Å². The van der Waals surface area contributed by atoms with E-state index >= 15 is 0 Å². The number of nitrogens with one attached hydrogen (secondary N) is 2. The lowest BCUT2D eigenvalue weighted by molar-refractivity contribution is -0.126. The molecule has 5 heteroatoms. The van der Waals surface area contributed by atoms with Crippen molar-refractivity contribution in [1.82, 2.24) is 10.6 Å². The van der Waals surface area contributed by atoms with E-state index in [2.05, 4.69) is 10.6 Å². The van der Waals surface area contributed by atoms with Gasteiger partial charge in [0.05, 0.1) is 0 Å². The van der Waals surface area contributed by atoms with Crippen LogP contribution in [0.5, 0.6) is 0 Å². The third-order valence-corrected chi connectivity index (χ3v) is 3.21. The molecule has 1 rings (SSSR count). The Kier molecular flexibility index (Phi) is 6.28. The highest BCUT2D eigenvalue weighted by Crippen LogP contribution is 2.08. The Morgan fingerprint density at radius 3 is 2.50 bits per heavy atom. The van der Waals surface area contributed by atoms with E-state index in [1.807, 2.05) is 37.3 Å². The molecule has 1 aromatic rings. The number of hydrogen-bond acceptors (Lipinski definition) is 3.